The second-order valence-corrected chi connectivity index (χ2v) is 7.06. The number of hydrogen-bond donors (Lipinski definition) is 2. The lowest BCUT2D eigenvalue weighted by Gasteiger charge is -2.24. The van der Waals surface area contributed by atoms with Gasteiger partial charge < -0.3 is 15.2 Å². The van der Waals surface area contributed by atoms with E-state index in [0.717, 1.165) is 10.8 Å². The molecule has 6 heteroatoms. The lowest BCUT2D eigenvalue weighted by atomic mass is 9.82. The van der Waals surface area contributed by atoms with Crippen LogP contribution in [0.5, 0.6) is 0 Å². The number of nitrogens with one attached hydrogen (secondary N) is 1. The molecule has 2 aliphatic carbocycles. The van der Waals surface area contributed by atoms with Crippen LogP contribution in [0.2, 0.25) is 0 Å². The molecule has 0 aliphatic heterocycles. The van der Waals surface area contributed by atoms with Crippen LogP contribution < -0.4 is 5.32 Å². The Bertz CT molecular complexity index is 980. The molecule has 1 fully saturated rings. The highest BCUT2D eigenvalue weighted by molar-refractivity contribution is 6.06. The summed E-state index contributed by atoms with van der Waals surface area (Å²) in [5.74, 6) is -3.47. The van der Waals surface area contributed by atoms with Crippen LogP contribution in [-0.4, -0.2) is 30.1 Å². The topological polar surface area (TPSA) is 92.7 Å². The quantitative estimate of drug-likeness (QED) is 0.642. The Balaban J connectivity index is 1.70. The number of ether oxygens (including phenoxy) is 1. The standard InChI is InChI=1S/C21H19NO5/c1-27-21(26)15-9-11-4-2-3-5-12(11)10-16(15)22-19(23)17-13-6-7-14(8-13)18(17)20(24)25/h2-7,9-10,13-14,17-18H,8H2,1H3,(H,22,23)(H,24,25)/t13-,14-,17-,18+/m0/s1. The Morgan fingerprint density at radius 2 is 1.67 bits per heavy atom. The minimum Gasteiger partial charge on any atom is -0.481 e. The van der Waals surface area contributed by atoms with Crippen molar-refractivity contribution in [3.05, 3.63) is 54.1 Å². The summed E-state index contributed by atoms with van der Waals surface area (Å²) in [4.78, 5) is 36.8. The molecule has 2 aromatic carbocycles. The highest BCUT2D eigenvalue weighted by atomic mass is 16.5. The van der Waals surface area contributed by atoms with Gasteiger partial charge in [-0.3, -0.25) is 9.59 Å². The monoisotopic (exact) mass is 365 g/mol. The predicted molar refractivity (Wildman–Crippen MR) is 99.3 cm³/mol. The molecule has 27 heavy (non-hydrogen) atoms. The van der Waals surface area contributed by atoms with Gasteiger partial charge in [-0.2, -0.15) is 0 Å². The summed E-state index contributed by atoms with van der Waals surface area (Å²) in [7, 11) is 1.28. The second kappa shape index (κ2) is 6.54. The van der Waals surface area contributed by atoms with Gasteiger partial charge in [-0.25, -0.2) is 4.79 Å². The van der Waals surface area contributed by atoms with E-state index in [0.29, 0.717) is 12.1 Å². The average Bonchev–Trinajstić information content (AvgIpc) is 3.28. The molecule has 2 aromatic rings. The van der Waals surface area contributed by atoms with Gasteiger partial charge >= 0.3 is 11.9 Å². The van der Waals surface area contributed by atoms with E-state index in [1.165, 1.54) is 7.11 Å². The summed E-state index contributed by atoms with van der Waals surface area (Å²) < 4.78 is 4.85. The highest BCUT2D eigenvalue weighted by Crippen LogP contribution is 2.48. The number of carbonyl (C=O) groups is 3. The Hall–Kier alpha value is -3.15. The van der Waals surface area contributed by atoms with Gasteiger partial charge in [-0.05, 0) is 41.2 Å². The number of benzene rings is 2. The van der Waals surface area contributed by atoms with Crippen LogP contribution in [0.25, 0.3) is 10.8 Å². The van der Waals surface area contributed by atoms with E-state index >= 15 is 0 Å². The molecule has 2 bridgehead atoms. The summed E-state index contributed by atoms with van der Waals surface area (Å²) in [5, 5.41) is 14.1. The highest BCUT2D eigenvalue weighted by Gasteiger charge is 2.51. The Morgan fingerprint density at radius 3 is 2.30 bits per heavy atom. The van der Waals surface area contributed by atoms with E-state index in [2.05, 4.69) is 5.32 Å². The fourth-order valence-corrected chi connectivity index (χ4v) is 4.35. The molecule has 0 aromatic heterocycles. The minimum atomic E-state index is -0.960. The van der Waals surface area contributed by atoms with Crippen molar-refractivity contribution >= 4 is 34.3 Å². The number of amides is 1. The van der Waals surface area contributed by atoms with Crippen molar-refractivity contribution in [3.63, 3.8) is 0 Å². The molecule has 138 valence electrons. The summed E-state index contributed by atoms with van der Waals surface area (Å²) in [5.41, 5.74) is 0.580. The third-order valence-electron chi connectivity index (χ3n) is 5.60. The number of allylic oxidation sites excluding steroid dienone is 2. The van der Waals surface area contributed by atoms with Gasteiger partial charge in [0.05, 0.1) is 30.2 Å². The number of methoxy groups -OCH3 is 1. The Kier molecular flexibility index (Phi) is 4.18. The molecular formula is C21H19NO5. The molecule has 6 nitrogen and oxygen atoms in total. The molecule has 4 atom stereocenters. The van der Waals surface area contributed by atoms with Gasteiger partial charge in [0.25, 0.3) is 0 Å². The summed E-state index contributed by atoms with van der Waals surface area (Å²) in [6, 6.07) is 10.9. The van der Waals surface area contributed by atoms with E-state index in [-0.39, 0.29) is 23.3 Å². The van der Waals surface area contributed by atoms with Crippen molar-refractivity contribution in [2.75, 3.05) is 12.4 Å². The normalized spacial score (nSPS) is 25.5. The van der Waals surface area contributed by atoms with Crippen molar-refractivity contribution in [3.8, 4) is 0 Å². The SMILES string of the molecule is COC(=O)c1cc2ccccc2cc1NC(=O)[C@@H]1[C@H](C(=O)O)[C@H]2C=C[C@H]1C2. The number of carbonyl (C=O) groups excluding carboxylic acids is 2. The first kappa shape index (κ1) is 17.3. The number of carboxylic acids is 1. The molecular weight excluding hydrogens is 346 g/mol. The van der Waals surface area contributed by atoms with E-state index in [9.17, 15) is 19.5 Å². The van der Waals surface area contributed by atoms with Gasteiger partial charge in [0.2, 0.25) is 5.91 Å². The second-order valence-electron chi connectivity index (χ2n) is 7.06. The fraction of sp³-hybridized carbons (Fsp3) is 0.286. The maximum atomic E-state index is 13.0. The van der Waals surface area contributed by atoms with Crippen LogP contribution in [0.4, 0.5) is 5.69 Å². The number of fused-ring (bicyclic) bond motifs is 3. The maximum Gasteiger partial charge on any atom is 0.339 e. The molecule has 0 heterocycles. The van der Waals surface area contributed by atoms with Crippen molar-refractivity contribution in [2.24, 2.45) is 23.7 Å². The van der Waals surface area contributed by atoms with Crippen molar-refractivity contribution in [1.82, 2.24) is 0 Å². The molecule has 0 unspecified atom stereocenters. The number of anilines is 1. The van der Waals surface area contributed by atoms with Gasteiger partial charge in [-0.1, -0.05) is 36.4 Å². The number of esters is 1. The smallest absolute Gasteiger partial charge is 0.339 e. The Labute approximate surface area is 155 Å². The Morgan fingerprint density at radius 1 is 1.04 bits per heavy atom. The van der Waals surface area contributed by atoms with Crippen LogP contribution in [0.15, 0.2) is 48.6 Å². The average molecular weight is 365 g/mol. The van der Waals surface area contributed by atoms with Crippen molar-refractivity contribution in [2.45, 2.75) is 6.42 Å². The first-order valence-corrected chi connectivity index (χ1v) is 8.82. The van der Waals surface area contributed by atoms with Gasteiger partial charge in [0, 0.05) is 0 Å². The van der Waals surface area contributed by atoms with Crippen LogP contribution in [-0.2, 0) is 14.3 Å². The lowest BCUT2D eigenvalue weighted by molar-refractivity contribution is -0.146. The first-order chi connectivity index (χ1) is 13.0. The van der Waals surface area contributed by atoms with E-state index < -0.39 is 23.8 Å². The third kappa shape index (κ3) is 2.87. The van der Waals surface area contributed by atoms with Crippen molar-refractivity contribution < 1.29 is 24.2 Å². The van der Waals surface area contributed by atoms with Crippen LogP contribution in [0.1, 0.15) is 16.8 Å². The summed E-state index contributed by atoms with van der Waals surface area (Å²) in [6.07, 6.45) is 4.50. The minimum absolute atomic E-state index is 0.0851. The summed E-state index contributed by atoms with van der Waals surface area (Å²) >= 11 is 0. The zero-order chi connectivity index (χ0) is 19.1. The van der Waals surface area contributed by atoms with Crippen molar-refractivity contribution in [1.29, 1.82) is 0 Å². The van der Waals surface area contributed by atoms with Crippen LogP contribution >= 0.6 is 0 Å². The fourth-order valence-electron chi connectivity index (χ4n) is 4.35. The molecule has 0 saturated heterocycles. The molecule has 1 saturated carbocycles. The van der Waals surface area contributed by atoms with E-state index in [1.807, 2.05) is 36.4 Å². The largest absolute Gasteiger partial charge is 0.481 e. The third-order valence-corrected chi connectivity index (χ3v) is 5.60. The zero-order valence-corrected chi connectivity index (χ0v) is 14.7. The number of rotatable bonds is 4. The van der Waals surface area contributed by atoms with Gasteiger partial charge in [0.15, 0.2) is 0 Å². The van der Waals surface area contributed by atoms with Crippen LogP contribution in [0, 0.1) is 23.7 Å². The number of hydrogen-bond acceptors (Lipinski definition) is 4. The first-order valence-electron chi connectivity index (χ1n) is 8.82. The summed E-state index contributed by atoms with van der Waals surface area (Å²) in [6.45, 7) is 0. The molecule has 2 aliphatic rings. The predicted octanol–water partition coefficient (Wildman–Crippen LogP) is 3.09. The molecule has 4 rings (SSSR count). The molecule has 0 radical (unpaired) electrons. The molecule has 0 spiro atoms. The van der Waals surface area contributed by atoms with Gasteiger partial charge in [0.1, 0.15) is 0 Å². The number of aliphatic carboxylic acids is 1. The molecule has 2 N–H and O–H groups in total. The van der Waals surface area contributed by atoms with E-state index in [1.54, 1.807) is 12.1 Å². The molecule has 1 amide bonds. The van der Waals surface area contributed by atoms with Crippen LogP contribution in [0.3, 0.4) is 0 Å². The maximum absolute atomic E-state index is 13.0. The lowest BCUT2D eigenvalue weighted by Crippen LogP contribution is -2.36. The zero-order valence-electron chi connectivity index (χ0n) is 14.7. The van der Waals surface area contributed by atoms with E-state index in [4.69, 9.17) is 4.74 Å². The number of carboxylic acid groups (broad SMARTS) is 1. The van der Waals surface area contributed by atoms with Gasteiger partial charge in [-0.15, -0.1) is 0 Å².